The molecular formula is C15H20N4OS. The molecule has 112 valence electrons. The van der Waals surface area contributed by atoms with E-state index in [0.29, 0.717) is 12.6 Å². The molecule has 0 fully saturated rings. The van der Waals surface area contributed by atoms with Crippen molar-refractivity contribution in [2.75, 3.05) is 12.4 Å². The molecule has 1 unspecified atom stereocenters. The molecule has 2 amide bonds. The maximum absolute atomic E-state index is 11.8. The number of nitrogens with one attached hydrogen (secondary N) is 3. The average molecular weight is 304 g/mol. The molecule has 1 aromatic heterocycles. The van der Waals surface area contributed by atoms with Crippen LogP contribution in [0.5, 0.6) is 0 Å². The average Bonchev–Trinajstić information content (AvgIpc) is 2.91. The summed E-state index contributed by atoms with van der Waals surface area (Å²) in [5.41, 5.74) is 2.93. The van der Waals surface area contributed by atoms with Crippen molar-refractivity contribution in [1.82, 2.24) is 15.6 Å². The van der Waals surface area contributed by atoms with E-state index in [1.54, 1.807) is 11.3 Å². The molecule has 2 rings (SSSR count). The highest BCUT2D eigenvalue weighted by Gasteiger charge is 2.05. The maximum Gasteiger partial charge on any atom is 0.319 e. The third-order valence-corrected chi connectivity index (χ3v) is 4.13. The van der Waals surface area contributed by atoms with Crippen molar-refractivity contribution in [3.63, 3.8) is 0 Å². The van der Waals surface area contributed by atoms with E-state index in [1.165, 1.54) is 5.56 Å². The molecule has 0 bridgehead atoms. The molecular weight excluding hydrogens is 284 g/mol. The number of rotatable bonds is 5. The number of hydrogen-bond donors (Lipinski definition) is 3. The van der Waals surface area contributed by atoms with Gasteiger partial charge in [-0.15, -0.1) is 11.3 Å². The molecule has 6 heteroatoms. The third kappa shape index (κ3) is 4.54. The highest BCUT2D eigenvalue weighted by atomic mass is 32.1. The molecule has 5 nitrogen and oxygen atoms in total. The molecule has 3 N–H and O–H groups in total. The molecule has 0 radical (unpaired) electrons. The van der Waals surface area contributed by atoms with Crippen LogP contribution in [0.15, 0.2) is 29.6 Å². The zero-order valence-corrected chi connectivity index (χ0v) is 13.3. The molecule has 1 heterocycles. The van der Waals surface area contributed by atoms with Crippen LogP contribution in [-0.4, -0.2) is 18.1 Å². The van der Waals surface area contributed by atoms with Gasteiger partial charge in [-0.05, 0) is 38.6 Å². The van der Waals surface area contributed by atoms with Crippen molar-refractivity contribution < 1.29 is 4.79 Å². The van der Waals surface area contributed by atoms with Crippen molar-refractivity contribution >= 4 is 23.1 Å². The Morgan fingerprint density at radius 3 is 2.62 bits per heavy atom. The number of carbonyl (C=O) groups is 1. The summed E-state index contributed by atoms with van der Waals surface area (Å²) in [5.74, 6) is 0. The van der Waals surface area contributed by atoms with E-state index in [-0.39, 0.29) is 6.03 Å². The van der Waals surface area contributed by atoms with E-state index in [1.807, 2.05) is 43.6 Å². The molecule has 0 aliphatic rings. The summed E-state index contributed by atoms with van der Waals surface area (Å²) in [4.78, 5) is 16.1. The molecule has 0 aliphatic heterocycles. The Hall–Kier alpha value is -1.92. The molecule has 0 saturated heterocycles. The monoisotopic (exact) mass is 304 g/mol. The van der Waals surface area contributed by atoms with Crippen LogP contribution in [0.4, 0.5) is 10.5 Å². The summed E-state index contributed by atoms with van der Waals surface area (Å²) in [6.07, 6.45) is 0. The number of aromatic nitrogens is 1. The van der Waals surface area contributed by atoms with Gasteiger partial charge in [-0.3, -0.25) is 0 Å². The van der Waals surface area contributed by atoms with Crippen molar-refractivity contribution in [3.05, 3.63) is 45.9 Å². The van der Waals surface area contributed by atoms with Crippen LogP contribution >= 0.6 is 11.3 Å². The highest BCUT2D eigenvalue weighted by molar-refractivity contribution is 7.09. The lowest BCUT2D eigenvalue weighted by Crippen LogP contribution is -2.28. The summed E-state index contributed by atoms with van der Waals surface area (Å²) in [6.45, 7) is 4.47. The second kappa shape index (κ2) is 7.19. The Morgan fingerprint density at radius 1 is 1.33 bits per heavy atom. The number of benzene rings is 1. The van der Waals surface area contributed by atoms with Gasteiger partial charge in [-0.1, -0.05) is 12.1 Å². The smallest absolute Gasteiger partial charge is 0.319 e. The van der Waals surface area contributed by atoms with E-state index >= 15 is 0 Å². The van der Waals surface area contributed by atoms with Crippen LogP contribution < -0.4 is 16.0 Å². The fraction of sp³-hybridized carbons (Fsp3) is 0.333. The van der Waals surface area contributed by atoms with E-state index < -0.39 is 0 Å². The third-order valence-electron chi connectivity index (χ3n) is 3.17. The first kappa shape index (κ1) is 15.5. The normalized spacial score (nSPS) is 12.0. The van der Waals surface area contributed by atoms with E-state index in [0.717, 1.165) is 16.4 Å². The van der Waals surface area contributed by atoms with Crippen molar-refractivity contribution in [2.24, 2.45) is 0 Å². The Labute approximate surface area is 128 Å². The van der Waals surface area contributed by atoms with Crippen LogP contribution in [0.1, 0.15) is 29.2 Å². The molecule has 21 heavy (non-hydrogen) atoms. The maximum atomic E-state index is 11.8. The standard InChI is InChI=1S/C15H20N4OS/c1-10-9-21-14(18-10)8-17-15(20)19-13-6-4-12(5-7-13)11(2)16-3/h4-7,9,11,16H,8H2,1-3H3,(H2,17,19,20). The van der Waals surface area contributed by atoms with Gasteiger partial charge in [0.2, 0.25) is 0 Å². The topological polar surface area (TPSA) is 66.0 Å². The number of nitrogens with zero attached hydrogens (tertiary/aromatic N) is 1. The quantitative estimate of drug-likeness (QED) is 0.795. The first-order chi connectivity index (χ1) is 10.1. The van der Waals surface area contributed by atoms with Crippen molar-refractivity contribution in [1.29, 1.82) is 0 Å². The molecule has 0 spiro atoms. The molecule has 1 atom stereocenters. The van der Waals surface area contributed by atoms with Crippen LogP contribution in [0.25, 0.3) is 0 Å². The van der Waals surface area contributed by atoms with Gasteiger partial charge in [0.05, 0.1) is 6.54 Å². The number of thiazole rings is 1. The zero-order chi connectivity index (χ0) is 15.2. The predicted molar refractivity (Wildman–Crippen MR) is 86.6 cm³/mol. The van der Waals surface area contributed by atoms with Crippen LogP contribution in [0.3, 0.4) is 0 Å². The van der Waals surface area contributed by atoms with Gasteiger partial charge in [0, 0.05) is 22.8 Å². The summed E-state index contributed by atoms with van der Waals surface area (Å²) in [7, 11) is 1.92. The van der Waals surface area contributed by atoms with Gasteiger partial charge in [0.1, 0.15) is 5.01 Å². The summed E-state index contributed by atoms with van der Waals surface area (Å²) in [6, 6.07) is 7.87. The largest absolute Gasteiger partial charge is 0.331 e. The van der Waals surface area contributed by atoms with Crippen molar-refractivity contribution in [3.8, 4) is 0 Å². The number of anilines is 1. The fourth-order valence-corrected chi connectivity index (χ4v) is 2.55. The van der Waals surface area contributed by atoms with Gasteiger partial charge in [-0.2, -0.15) is 0 Å². The summed E-state index contributed by atoms with van der Waals surface area (Å²) in [5, 5.41) is 11.7. The Bertz CT molecular complexity index is 594. The Morgan fingerprint density at radius 2 is 2.05 bits per heavy atom. The minimum absolute atomic E-state index is 0.225. The lowest BCUT2D eigenvalue weighted by molar-refractivity contribution is 0.251. The molecule has 2 aromatic rings. The zero-order valence-electron chi connectivity index (χ0n) is 12.4. The SMILES string of the molecule is CNC(C)c1ccc(NC(=O)NCc2nc(C)cs2)cc1. The second-order valence-corrected chi connectivity index (χ2v) is 5.77. The van der Waals surface area contributed by atoms with E-state index in [2.05, 4.69) is 27.9 Å². The summed E-state index contributed by atoms with van der Waals surface area (Å²) >= 11 is 1.54. The highest BCUT2D eigenvalue weighted by Crippen LogP contribution is 2.15. The van der Waals surface area contributed by atoms with E-state index in [4.69, 9.17) is 0 Å². The van der Waals surface area contributed by atoms with Crippen LogP contribution in [-0.2, 0) is 6.54 Å². The minimum Gasteiger partial charge on any atom is -0.331 e. The number of hydrogen-bond acceptors (Lipinski definition) is 4. The van der Waals surface area contributed by atoms with Crippen LogP contribution in [0, 0.1) is 6.92 Å². The first-order valence-corrected chi connectivity index (χ1v) is 7.69. The van der Waals surface area contributed by atoms with Gasteiger partial charge in [-0.25, -0.2) is 9.78 Å². The lowest BCUT2D eigenvalue weighted by atomic mass is 10.1. The number of carbonyl (C=O) groups excluding carboxylic acids is 1. The lowest BCUT2D eigenvalue weighted by Gasteiger charge is -2.11. The predicted octanol–water partition coefficient (Wildman–Crippen LogP) is 3.05. The molecule has 0 saturated carbocycles. The Balaban J connectivity index is 1.84. The number of urea groups is 1. The van der Waals surface area contributed by atoms with Gasteiger partial charge in [0.25, 0.3) is 0 Å². The van der Waals surface area contributed by atoms with E-state index in [9.17, 15) is 4.79 Å². The first-order valence-electron chi connectivity index (χ1n) is 6.81. The fourth-order valence-electron chi connectivity index (χ4n) is 1.84. The second-order valence-electron chi connectivity index (χ2n) is 4.82. The van der Waals surface area contributed by atoms with Gasteiger partial charge < -0.3 is 16.0 Å². The van der Waals surface area contributed by atoms with Gasteiger partial charge in [0.15, 0.2) is 0 Å². The number of aryl methyl sites for hydroxylation is 1. The van der Waals surface area contributed by atoms with Crippen molar-refractivity contribution in [2.45, 2.75) is 26.4 Å². The minimum atomic E-state index is -0.225. The van der Waals surface area contributed by atoms with Gasteiger partial charge >= 0.3 is 6.03 Å². The molecule has 0 aliphatic carbocycles. The molecule has 1 aromatic carbocycles. The number of amides is 2. The Kier molecular flexibility index (Phi) is 5.30. The summed E-state index contributed by atoms with van der Waals surface area (Å²) < 4.78 is 0. The van der Waals surface area contributed by atoms with Crippen LogP contribution in [0.2, 0.25) is 0 Å².